The third-order valence-corrected chi connectivity index (χ3v) is 5.06. The van der Waals surface area contributed by atoms with Crippen LogP contribution in [0.2, 0.25) is 0 Å². The van der Waals surface area contributed by atoms with E-state index in [0.29, 0.717) is 6.54 Å². The molecule has 1 aliphatic rings. The van der Waals surface area contributed by atoms with Crippen LogP contribution in [0, 0.1) is 0 Å². The number of hydrogen-bond acceptors (Lipinski definition) is 5. The second-order valence-electron chi connectivity index (χ2n) is 4.67. The van der Waals surface area contributed by atoms with Crippen LogP contribution in [0.25, 0.3) is 0 Å². The van der Waals surface area contributed by atoms with Gasteiger partial charge >= 0.3 is 5.69 Å². The van der Waals surface area contributed by atoms with Gasteiger partial charge in [0.25, 0.3) is 5.56 Å². The molecular weight excluding hydrogens is 272 g/mol. The SMILES string of the molecule is CC1CN(S(=O)(=O)c2c[nH]c(=O)[nH]c2=O)C(C)CN1. The van der Waals surface area contributed by atoms with Gasteiger partial charge in [-0.2, -0.15) is 4.31 Å². The first-order valence-corrected chi connectivity index (χ1v) is 7.33. The molecule has 1 fully saturated rings. The number of nitrogens with zero attached hydrogens (tertiary/aromatic N) is 1. The first kappa shape index (κ1) is 14.0. The highest BCUT2D eigenvalue weighted by Gasteiger charge is 2.35. The van der Waals surface area contributed by atoms with Crippen LogP contribution in [-0.2, 0) is 10.0 Å². The molecule has 0 radical (unpaired) electrons. The van der Waals surface area contributed by atoms with Crippen molar-refractivity contribution in [2.75, 3.05) is 13.1 Å². The Morgan fingerprint density at radius 3 is 2.63 bits per heavy atom. The summed E-state index contributed by atoms with van der Waals surface area (Å²) in [5, 5.41) is 3.16. The molecule has 0 amide bonds. The van der Waals surface area contributed by atoms with E-state index in [1.54, 1.807) is 6.92 Å². The standard InChI is InChI=1S/C10H16N4O4S/c1-6-5-14(7(2)3-11-6)19(17,18)8-4-12-10(16)13-9(8)15/h4,6-7,11H,3,5H2,1-2H3,(H2,12,13,15,16). The van der Waals surface area contributed by atoms with Gasteiger partial charge in [-0.1, -0.05) is 0 Å². The minimum absolute atomic E-state index is 0.00724. The Bertz CT molecular complexity index is 677. The lowest BCUT2D eigenvalue weighted by atomic mass is 10.2. The topological polar surface area (TPSA) is 115 Å². The molecule has 19 heavy (non-hydrogen) atoms. The van der Waals surface area contributed by atoms with Gasteiger partial charge in [0, 0.05) is 31.4 Å². The second kappa shape index (κ2) is 4.91. The summed E-state index contributed by atoms with van der Waals surface area (Å²) in [4.78, 5) is 26.2. The highest BCUT2D eigenvalue weighted by atomic mass is 32.2. The van der Waals surface area contributed by atoms with Crippen LogP contribution in [0.4, 0.5) is 0 Å². The maximum absolute atomic E-state index is 12.4. The molecule has 1 aromatic rings. The summed E-state index contributed by atoms with van der Waals surface area (Å²) in [5.41, 5.74) is -1.63. The largest absolute Gasteiger partial charge is 0.325 e. The zero-order valence-corrected chi connectivity index (χ0v) is 11.5. The predicted octanol–water partition coefficient (Wildman–Crippen LogP) is -1.57. The van der Waals surface area contributed by atoms with E-state index in [1.165, 1.54) is 4.31 Å². The van der Waals surface area contributed by atoms with Gasteiger partial charge in [-0.05, 0) is 13.8 Å². The summed E-state index contributed by atoms with van der Waals surface area (Å²) in [5.74, 6) is 0. The lowest BCUT2D eigenvalue weighted by Gasteiger charge is -2.36. The zero-order chi connectivity index (χ0) is 14.2. The van der Waals surface area contributed by atoms with E-state index >= 15 is 0 Å². The Hall–Kier alpha value is -1.45. The Morgan fingerprint density at radius 1 is 1.32 bits per heavy atom. The number of aromatic amines is 2. The minimum atomic E-state index is -3.91. The number of H-pyrrole nitrogens is 2. The van der Waals surface area contributed by atoms with Gasteiger partial charge in [0.2, 0.25) is 10.0 Å². The van der Waals surface area contributed by atoms with Crippen molar-refractivity contribution in [3.05, 3.63) is 27.0 Å². The monoisotopic (exact) mass is 288 g/mol. The van der Waals surface area contributed by atoms with Crippen molar-refractivity contribution in [3.63, 3.8) is 0 Å². The average molecular weight is 288 g/mol. The van der Waals surface area contributed by atoms with Crippen molar-refractivity contribution in [3.8, 4) is 0 Å². The number of nitrogens with one attached hydrogen (secondary N) is 3. The summed E-state index contributed by atoms with van der Waals surface area (Å²) >= 11 is 0. The summed E-state index contributed by atoms with van der Waals surface area (Å²) < 4.78 is 26.1. The van der Waals surface area contributed by atoms with E-state index in [9.17, 15) is 18.0 Å². The molecule has 2 atom stereocenters. The normalized spacial score (nSPS) is 25.4. The number of sulfonamides is 1. The lowest BCUT2D eigenvalue weighted by Crippen LogP contribution is -2.56. The fraction of sp³-hybridized carbons (Fsp3) is 0.600. The van der Waals surface area contributed by atoms with Crippen molar-refractivity contribution in [1.29, 1.82) is 0 Å². The van der Waals surface area contributed by atoms with Crippen LogP contribution in [-0.4, -0.2) is 47.9 Å². The van der Waals surface area contributed by atoms with Gasteiger partial charge in [0.15, 0.2) is 4.90 Å². The molecule has 0 aliphatic carbocycles. The van der Waals surface area contributed by atoms with Crippen LogP contribution in [0.15, 0.2) is 20.7 Å². The van der Waals surface area contributed by atoms with Gasteiger partial charge in [-0.15, -0.1) is 0 Å². The van der Waals surface area contributed by atoms with Crippen molar-refractivity contribution in [2.45, 2.75) is 30.8 Å². The van der Waals surface area contributed by atoms with Crippen molar-refractivity contribution in [2.24, 2.45) is 0 Å². The van der Waals surface area contributed by atoms with Crippen LogP contribution in [0.3, 0.4) is 0 Å². The maximum atomic E-state index is 12.4. The third-order valence-electron chi connectivity index (χ3n) is 3.08. The minimum Gasteiger partial charge on any atom is -0.313 e. The van der Waals surface area contributed by atoms with E-state index in [4.69, 9.17) is 0 Å². The van der Waals surface area contributed by atoms with Gasteiger partial charge in [-0.3, -0.25) is 9.78 Å². The Morgan fingerprint density at radius 2 is 2.00 bits per heavy atom. The smallest absolute Gasteiger partial charge is 0.313 e. The molecule has 1 aliphatic heterocycles. The molecule has 2 heterocycles. The second-order valence-corrected chi connectivity index (χ2v) is 6.53. The van der Waals surface area contributed by atoms with Gasteiger partial charge in [-0.25, -0.2) is 13.2 Å². The molecule has 3 N–H and O–H groups in total. The number of piperazine rings is 1. The van der Waals surface area contributed by atoms with Crippen molar-refractivity contribution < 1.29 is 8.42 Å². The van der Waals surface area contributed by atoms with Crippen LogP contribution >= 0.6 is 0 Å². The summed E-state index contributed by atoms with van der Waals surface area (Å²) in [7, 11) is -3.91. The van der Waals surface area contributed by atoms with E-state index in [2.05, 4.69) is 10.3 Å². The molecule has 0 bridgehead atoms. The fourth-order valence-corrected chi connectivity index (χ4v) is 3.75. The first-order chi connectivity index (χ1) is 8.82. The third kappa shape index (κ3) is 2.62. The van der Waals surface area contributed by atoms with E-state index < -0.39 is 26.2 Å². The molecule has 2 unspecified atom stereocenters. The molecule has 106 valence electrons. The molecule has 1 aromatic heterocycles. The summed E-state index contributed by atoms with van der Waals surface area (Å²) in [6, 6.07) is -0.250. The van der Waals surface area contributed by atoms with E-state index in [1.807, 2.05) is 11.9 Å². The average Bonchev–Trinajstić information content (AvgIpc) is 2.31. The van der Waals surface area contributed by atoms with Crippen molar-refractivity contribution in [1.82, 2.24) is 19.6 Å². The van der Waals surface area contributed by atoms with Gasteiger partial charge < -0.3 is 10.3 Å². The first-order valence-electron chi connectivity index (χ1n) is 5.89. The number of aromatic nitrogens is 2. The molecule has 8 nitrogen and oxygen atoms in total. The van der Waals surface area contributed by atoms with Crippen LogP contribution in [0.5, 0.6) is 0 Å². The molecule has 0 spiro atoms. The number of rotatable bonds is 2. The Kier molecular flexibility index (Phi) is 3.61. The zero-order valence-electron chi connectivity index (χ0n) is 10.6. The molecular formula is C10H16N4O4S. The lowest BCUT2D eigenvalue weighted by molar-refractivity contribution is 0.244. The molecule has 9 heteroatoms. The van der Waals surface area contributed by atoms with Crippen molar-refractivity contribution >= 4 is 10.0 Å². The van der Waals surface area contributed by atoms with E-state index in [0.717, 1.165) is 6.20 Å². The summed E-state index contributed by atoms with van der Waals surface area (Å²) in [6.07, 6.45) is 0.940. The molecule has 2 rings (SSSR count). The Labute approximate surface area is 109 Å². The highest BCUT2D eigenvalue weighted by Crippen LogP contribution is 2.17. The summed E-state index contributed by atoms with van der Waals surface area (Å²) in [6.45, 7) is 4.42. The van der Waals surface area contributed by atoms with Gasteiger partial charge in [0.1, 0.15) is 0 Å². The maximum Gasteiger partial charge on any atom is 0.325 e. The van der Waals surface area contributed by atoms with Crippen LogP contribution < -0.4 is 16.6 Å². The molecule has 1 saturated heterocycles. The quantitative estimate of drug-likeness (QED) is 0.608. The highest BCUT2D eigenvalue weighted by molar-refractivity contribution is 7.89. The van der Waals surface area contributed by atoms with Gasteiger partial charge in [0.05, 0.1) is 0 Å². The molecule has 0 saturated carbocycles. The van der Waals surface area contributed by atoms with E-state index in [-0.39, 0.29) is 18.6 Å². The predicted molar refractivity (Wildman–Crippen MR) is 68.5 cm³/mol. The number of hydrogen-bond donors (Lipinski definition) is 3. The van der Waals surface area contributed by atoms with Crippen LogP contribution in [0.1, 0.15) is 13.8 Å². The molecule has 0 aromatic carbocycles. The fourth-order valence-electron chi connectivity index (χ4n) is 2.04. The Balaban J connectivity index is 2.47.